The normalized spacial score (nSPS) is 27.2. The fourth-order valence-electron chi connectivity index (χ4n) is 3.07. The molecule has 0 radical (unpaired) electrons. The lowest BCUT2D eigenvalue weighted by Gasteiger charge is -2.47. The third kappa shape index (κ3) is 3.27. The third-order valence-corrected chi connectivity index (χ3v) is 5.32. The minimum absolute atomic E-state index is 0.186. The van der Waals surface area contributed by atoms with Gasteiger partial charge in [0.1, 0.15) is 0 Å². The lowest BCUT2D eigenvalue weighted by atomic mass is 9.92. The number of piperazine rings is 1. The predicted molar refractivity (Wildman–Crippen MR) is 88.9 cm³/mol. The SMILES string of the molecule is CCc1nn(CC)c(CN2CC(C)NCC2(C)CC)c1Cl. The molecule has 4 nitrogen and oxygen atoms in total. The highest BCUT2D eigenvalue weighted by Crippen LogP contribution is 2.29. The van der Waals surface area contributed by atoms with Crippen LogP contribution in [0.1, 0.15) is 52.4 Å². The average molecular weight is 313 g/mol. The molecule has 21 heavy (non-hydrogen) atoms. The summed E-state index contributed by atoms with van der Waals surface area (Å²) in [6, 6.07) is 0.520. The van der Waals surface area contributed by atoms with Crippen molar-refractivity contribution >= 4 is 11.6 Å². The Morgan fingerprint density at radius 1 is 1.38 bits per heavy atom. The molecule has 2 rings (SSSR count). The van der Waals surface area contributed by atoms with Crippen LogP contribution in [0.5, 0.6) is 0 Å². The van der Waals surface area contributed by atoms with Gasteiger partial charge in [0.05, 0.1) is 16.4 Å². The number of halogens is 1. The van der Waals surface area contributed by atoms with E-state index in [1.807, 2.05) is 0 Å². The molecule has 1 aromatic rings. The van der Waals surface area contributed by atoms with E-state index < -0.39 is 0 Å². The van der Waals surface area contributed by atoms with E-state index >= 15 is 0 Å². The van der Waals surface area contributed by atoms with Gasteiger partial charge in [-0.15, -0.1) is 0 Å². The molecule has 0 saturated carbocycles. The Bertz CT molecular complexity index is 485. The van der Waals surface area contributed by atoms with Crippen molar-refractivity contribution in [2.45, 2.75) is 72.1 Å². The maximum atomic E-state index is 6.57. The first-order chi connectivity index (χ1) is 9.95. The van der Waals surface area contributed by atoms with Crippen molar-refractivity contribution in [3.05, 3.63) is 16.4 Å². The first kappa shape index (κ1) is 16.8. The van der Waals surface area contributed by atoms with Crippen LogP contribution in [0.3, 0.4) is 0 Å². The quantitative estimate of drug-likeness (QED) is 0.907. The smallest absolute Gasteiger partial charge is 0.0863 e. The van der Waals surface area contributed by atoms with Crippen LogP contribution in [0.2, 0.25) is 5.02 Å². The maximum absolute atomic E-state index is 6.57. The van der Waals surface area contributed by atoms with Crippen LogP contribution in [0.25, 0.3) is 0 Å². The summed E-state index contributed by atoms with van der Waals surface area (Å²) in [4.78, 5) is 2.57. The molecule has 120 valence electrons. The summed E-state index contributed by atoms with van der Waals surface area (Å²) in [5.41, 5.74) is 2.38. The number of hydrogen-bond donors (Lipinski definition) is 1. The summed E-state index contributed by atoms with van der Waals surface area (Å²) in [6.07, 6.45) is 2.02. The molecule has 0 amide bonds. The van der Waals surface area contributed by atoms with E-state index in [1.54, 1.807) is 0 Å². The van der Waals surface area contributed by atoms with E-state index in [4.69, 9.17) is 11.6 Å². The van der Waals surface area contributed by atoms with Crippen molar-refractivity contribution in [1.82, 2.24) is 20.0 Å². The highest BCUT2D eigenvalue weighted by molar-refractivity contribution is 6.31. The van der Waals surface area contributed by atoms with Crippen molar-refractivity contribution in [2.24, 2.45) is 0 Å². The Morgan fingerprint density at radius 2 is 2.10 bits per heavy atom. The van der Waals surface area contributed by atoms with Crippen molar-refractivity contribution in [3.63, 3.8) is 0 Å². The van der Waals surface area contributed by atoms with Crippen LogP contribution in [-0.2, 0) is 19.5 Å². The Hall–Kier alpha value is -0.580. The fourth-order valence-corrected chi connectivity index (χ4v) is 3.40. The van der Waals surface area contributed by atoms with E-state index in [9.17, 15) is 0 Å². The summed E-state index contributed by atoms with van der Waals surface area (Å²) in [5.74, 6) is 0. The molecule has 1 saturated heterocycles. The number of hydrogen-bond acceptors (Lipinski definition) is 3. The molecular weight excluding hydrogens is 284 g/mol. The highest BCUT2D eigenvalue weighted by Gasteiger charge is 2.36. The van der Waals surface area contributed by atoms with Crippen LogP contribution in [-0.4, -0.2) is 39.4 Å². The van der Waals surface area contributed by atoms with Crippen molar-refractivity contribution in [2.75, 3.05) is 13.1 Å². The first-order valence-electron chi connectivity index (χ1n) is 8.17. The van der Waals surface area contributed by atoms with Gasteiger partial charge < -0.3 is 5.32 Å². The van der Waals surface area contributed by atoms with Crippen LogP contribution in [0, 0.1) is 0 Å². The second-order valence-electron chi connectivity index (χ2n) is 6.39. The standard InChI is InChI=1S/C16H29ClN4/c1-6-13-15(17)14(21(8-3)19-13)10-20-9-12(4)18-11-16(20,5)7-2/h12,18H,6-11H2,1-5H3. The summed E-state index contributed by atoms with van der Waals surface area (Å²) in [5, 5.41) is 9.11. The van der Waals surface area contributed by atoms with E-state index in [-0.39, 0.29) is 5.54 Å². The largest absolute Gasteiger partial charge is 0.311 e. The third-order valence-electron chi connectivity index (χ3n) is 4.89. The zero-order chi connectivity index (χ0) is 15.6. The lowest BCUT2D eigenvalue weighted by Crippen LogP contribution is -2.62. The second-order valence-corrected chi connectivity index (χ2v) is 6.77. The monoisotopic (exact) mass is 312 g/mol. The minimum atomic E-state index is 0.186. The molecule has 1 aromatic heterocycles. The van der Waals surface area contributed by atoms with Crippen molar-refractivity contribution in [1.29, 1.82) is 0 Å². The molecule has 1 N–H and O–H groups in total. The zero-order valence-electron chi connectivity index (χ0n) is 14.0. The molecule has 1 aliphatic heterocycles. The molecule has 2 atom stereocenters. The maximum Gasteiger partial charge on any atom is 0.0863 e. The Morgan fingerprint density at radius 3 is 2.67 bits per heavy atom. The van der Waals surface area contributed by atoms with Gasteiger partial charge in [-0.05, 0) is 33.6 Å². The minimum Gasteiger partial charge on any atom is -0.311 e. The van der Waals surface area contributed by atoms with E-state index in [1.165, 1.54) is 5.69 Å². The van der Waals surface area contributed by atoms with Crippen molar-refractivity contribution in [3.8, 4) is 0 Å². The van der Waals surface area contributed by atoms with Gasteiger partial charge in [-0.2, -0.15) is 5.10 Å². The molecule has 0 spiro atoms. The van der Waals surface area contributed by atoms with Crippen LogP contribution >= 0.6 is 11.6 Å². The van der Waals surface area contributed by atoms with Gasteiger partial charge in [0.25, 0.3) is 0 Å². The molecule has 2 heterocycles. The zero-order valence-corrected chi connectivity index (χ0v) is 14.8. The number of aryl methyl sites for hydroxylation is 2. The fraction of sp³-hybridized carbons (Fsp3) is 0.812. The molecule has 5 heteroatoms. The number of nitrogens with zero attached hydrogens (tertiary/aromatic N) is 3. The van der Waals surface area contributed by atoms with E-state index in [0.717, 1.165) is 49.7 Å². The molecule has 1 fully saturated rings. The number of aromatic nitrogens is 2. The summed E-state index contributed by atoms with van der Waals surface area (Å²) >= 11 is 6.57. The van der Waals surface area contributed by atoms with Gasteiger partial charge in [-0.25, -0.2) is 0 Å². The van der Waals surface area contributed by atoms with Gasteiger partial charge >= 0.3 is 0 Å². The van der Waals surface area contributed by atoms with Gasteiger partial charge in [0.2, 0.25) is 0 Å². The molecule has 0 aliphatic carbocycles. The average Bonchev–Trinajstić information content (AvgIpc) is 2.79. The predicted octanol–water partition coefficient (Wildman–Crippen LogP) is 3.08. The summed E-state index contributed by atoms with van der Waals surface area (Å²) in [7, 11) is 0. The first-order valence-corrected chi connectivity index (χ1v) is 8.55. The number of nitrogens with one attached hydrogen (secondary N) is 1. The van der Waals surface area contributed by atoms with Crippen molar-refractivity contribution < 1.29 is 0 Å². The van der Waals surface area contributed by atoms with Gasteiger partial charge in [-0.3, -0.25) is 9.58 Å². The van der Waals surface area contributed by atoms with Gasteiger partial charge in [0, 0.05) is 37.8 Å². The van der Waals surface area contributed by atoms with E-state index in [0.29, 0.717) is 6.04 Å². The molecule has 1 aliphatic rings. The van der Waals surface area contributed by atoms with Crippen LogP contribution in [0.4, 0.5) is 0 Å². The lowest BCUT2D eigenvalue weighted by molar-refractivity contribution is 0.0430. The highest BCUT2D eigenvalue weighted by atomic mass is 35.5. The molecule has 0 aromatic carbocycles. The van der Waals surface area contributed by atoms with Gasteiger partial charge in [-0.1, -0.05) is 25.4 Å². The summed E-state index contributed by atoms with van der Waals surface area (Å²) < 4.78 is 2.07. The van der Waals surface area contributed by atoms with Crippen LogP contribution in [0.15, 0.2) is 0 Å². The molecule has 2 unspecified atom stereocenters. The van der Waals surface area contributed by atoms with E-state index in [2.05, 4.69) is 54.6 Å². The van der Waals surface area contributed by atoms with Gasteiger partial charge in [0.15, 0.2) is 0 Å². The topological polar surface area (TPSA) is 33.1 Å². The Labute approximate surface area is 133 Å². The number of rotatable bonds is 5. The molecule has 0 bridgehead atoms. The molecular formula is C16H29ClN4. The summed E-state index contributed by atoms with van der Waals surface area (Å²) in [6.45, 7) is 14.9. The Balaban J connectivity index is 2.28. The second kappa shape index (κ2) is 6.67. The Kier molecular flexibility index (Phi) is 5.33. The van der Waals surface area contributed by atoms with Crippen LogP contribution < -0.4 is 5.32 Å².